The van der Waals surface area contributed by atoms with Crippen molar-refractivity contribution in [2.24, 2.45) is 11.8 Å². The van der Waals surface area contributed by atoms with Crippen molar-refractivity contribution >= 4 is 11.9 Å². The summed E-state index contributed by atoms with van der Waals surface area (Å²) in [6.45, 7) is 2.70. The molecule has 0 aromatic carbocycles. The predicted molar refractivity (Wildman–Crippen MR) is 77.2 cm³/mol. The Morgan fingerprint density at radius 3 is 2.30 bits per heavy atom. The van der Waals surface area contributed by atoms with Crippen LogP contribution in [-0.4, -0.2) is 25.7 Å². The first kappa shape index (κ1) is 17.0. The number of ether oxygens (including phenoxy) is 2. The SMILES string of the molecule is CCCCCCCOC(=O)C1CCCC(C(=O)OC)C1. The quantitative estimate of drug-likeness (QED) is 0.506. The second kappa shape index (κ2) is 9.78. The first-order valence-corrected chi connectivity index (χ1v) is 7.93. The average molecular weight is 284 g/mol. The Balaban J connectivity index is 2.20. The minimum absolute atomic E-state index is 0.122. The first-order valence-electron chi connectivity index (χ1n) is 7.93. The molecule has 0 spiro atoms. The van der Waals surface area contributed by atoms with Crippen LogP contribution in [-0.2, 0) is 19.1 Å². The van der Waals surface area contributed by atoms with Gasteiger partial charge in [0.05, 0.1) is 25.6 Å². The van der Waals surface area contributed by atoms with Crippen molar-refractivity contribution in [3.63, 3.8) is 0 Å². The van der Waals surface area contributed by atoms with Crippen molar-refractivity contribution in [3.8, 4) is 0 Å². The molecule has 1 saturated carbocycles. The summed E-state index contributed by atoms with van der Waals surface area (Å²) in [6, 6.07) is 0. The topological polar surface area (TPSA) is 52.6 Å². The molecule has 0 aliphatic heterocycles. The summed E-state index contributed by atoms with van der Waals surface area (Å²) in [6.07, 6.45) is 8.89. The summed E-state index contributed by atoms with van der Waals surface area (Å²) >= 11 is 0. The Morgan fingerprint density at radius 1 is 1.00 bits per heavy atom. The molecule has 4 nitrogen and oxygen atoms in total. The molecule has 116 valence electrons. The van der Waals surface area contributed by atoms with Crippen LogP contribution in [0.15, 0.2) is 0 Å². The van der Waals surface area contributed by atoms with Gasteiger partial charge in [0.15, 0.2) is 0 Å². The van der Waals surface area contributed by atoms with Crippen molar-refractivity contribution < 1.29 is 19.1 Å². The molecule has 0 amide bonds. The van der Waals surface area contributed by atoms with Crippen LogP contribution in [0.4, 0.5) is 0 Å². The van der Waals surface area contributed by atoms with Crippen molar-refractivity contribution in [3.05, 3.63) is 0 Å². The summed E-state index contributed by atoms with van der Waals surface area (Å²) in [5.74, 6) is -0.574. The molecular formula is C16H28O4. The van der Waals surface area contributed by atoms with Gasteiger partial charge in [-0.3, -0.25) is 9.59 Å². The van der Waals surface area contributed by atoms with Crippen molar-refractivity contribution in [2.75, 3.05) is 13.7 Å². The monoisotopic (exact) mass is 284 g/mol. The van der Waals surface area contributed by atoms with Crippen molar-refractivity contribution in [2.45, 2.75) is 64.7 Å². The highest BCUT2D eigenvalue weighted by atomic mass is 16.5. The van der Waals surface area contributed by atoms with Crippen LogP contribution in [0.3, 0.4) is 0 Å². The van der Waals surface area contributed by atoms with Gasteiger partial charge in [0.25, 0.3) is 0 Å². The molecular weight excluding hydrogens is 256 g/mol. The number of esters is 2. The van der Waals surface area contributed by atoms with E-state index in [9.17, 15) is 9.59 Å². The molecule has 0 saturated heterocycles. The zero-order valence-electron chi connectivity index (χ0n) is 12.9. The highest BCUT2D eigenvalue weighted by Gasteiger charge is 2.32. The molecule has 0 radical (unpaired) electrons. The number of unbranched alkanes of at least 4 members (excludes halogenated alkanes) is 4. The van der Waals surface area contributed by atoms with E-state index in [0.29, 0.717) is 13.0 Å². The number of carbonyl (C=O) groups is 2. The van der Waals surface area contributed by atoms with Gasteiger partial charge in [-0.05, 0) is 25.7 Å². The molecule has 0 N–H and O–H groups in total. The third-order valence-corrected chi connectivity index (χ3v) is 4.03. The summed E-state index contributed by atoms with van der Waals surface area (Å²) < 4.78 is 10.1. The Kier molecular flexibility index (Phi) is 8.31. The number of hydrogen-bond acceptors (Lipinski definition) is 4. The second-order valence-electron chi connectivity index (χ2n) is 5.67. The molecule has 0 aromatic heterocycles. The van der Waals surface area contributed by atoms with Crippen LogP contribution in [0.2, 0.25) is 0 Å². The highest BCUT2D eigenvalue weighted by Crippen LogP contribution is 2.30. The van der Waals surface area contributed by atoms with Gasteiger partial charge in [-0.2, -0.15) is 0 Å². The van der Waals surface area contributed by atoms with Gasteiger partial charge >= 0.3 is 11.9 Å². The van der Waals surface area contributed by atoms with E-state index in [1.165, 1.54) is 26.4 Å². The van der Waals surface area contributed by atoms with Crippen LogP contribution >= 0.6 is 0 Å². The lowest BCUT2D eigenvalue weighted by atomic mass is 9.81. The number of hydrogen-bond donors (Lipinski definition) is 0. The maximum Gasteiger partial charge on any atom is 0.308 e. The average Bonchev–Trinajstić information content (AvgIpc) is 2.49. The standard InChI is InChI=1S/C16H28O4/c1-3-4-5-6-7-11-20-16(18)14-10-8-9-13(12-14)15(17)19-2/h13-14H,3-12H2,1-2H3. The second-order valence-corrected chi connectivity index (χ2v) is 5.67. The Morgan fingerprint density at radius 2 is 1.65 bits per heavy atom. The van der Waals surface area contributed by atoms with E-state index in [2.05, 4.69) is 6.92 Å². The molecule has 1 aliphatic rings. The number of rotatable bonds is 8. The lowest BCUT2D eigenvalue weighted by molar-refractivity contribution is -0.153. The minimum atomic E-state index is -0.193. The maximum atomic E-state index is 12.0. The van der Waals surface area contributed by atoms with Crippen molar-refractivity contribution in [1.82, 2.24) is 0 Å². The molecule has 1 fully saturated rings. The maximum absolute atomic E-state index is 12.0. The van der Waals surface area contributed by atoms with Crippen LogP contribution in [0.1, 0.15) is 64.7 Å². The van der Waals surface area contributed by atoms with E-state index in [-0.39, 0.29) is 23.8 Å². The first-order chi connectivity index (χ1) is 9.69. The van der Waals surface area contributed by atoms with Gasteiger partial charge in [0.1, 0.15) is 0 Å². The summed E-state index contributed by atoms with van der Waals surface area (Å²) in [4.78, 5) is 23.5. The van der Waals surface area contributed by atoms with E-state index >= 15 is 0 Å². The lowest BCUT2D eigenvalue weighted by Crippen LogP contribution is -2.29. The van der Waals surface area contributed by atoms with Crippen LogP contribution in [0.25, 0.3) is 0 Å². The zero-order valence-corrected chi connectivity index (χ0v) is 12.9. The summed E-state index contributed by atoms with van der Waals surface area (Å²) in [5.41, 5.74) is 0. The van der Waals surface area contributed by atoms with E-state index < -0.39 is 0 Å². The van der Waals surface area contributed by atoms with E-state index in [0.717, 1.165) is 32.1 Å². The molecule has 0 aromatic rings. The Labute approximate surface area is 122 Å². The van der Waals surface area contributed by atoms with Gasteiger partial charge in [-0.25, -0.2) is 0 Å². The lowest BCUT2D eigenvalue weighted by Gasteiger charge is -2.25. The molecule has 2 unspecified atom stereocenters. The number of carbonyl (C=O) groups excluding carboxylic acids is 2. The zero-order chi connectivity index (χ0) is 14.8. The highest BCUT2D eigenvalue weighted by molar-refractivity contribution is 5.76. The molecule has 0 heterocycles. The smallest absolute Gasteiger partial charge is 0.308 e. The van der Waals surface area contributed by atoms with Crippen LogP contribution < -0.4 is 0 Å². The third-order valence-electron chi connectivity index (χ3n) is 4.03. The molecule has 20 heavy (non-hydrogen) atoms. The van der Waals surface area contributed by atoms with Crippen LogP contribution in [0, 0.1) is 11.8 Å². The summed E-state index contributed by atoms with van der Waals surface area (Å²) in [5, 5.41) is 0. The predicted octanol–water partition coefficient (Wildman–Crippen LogP) is 3.48. The van der Waals surface area contributed by atoms with Crippen LogP contribution in [0.5, 0.6) is 0 Å². The molecule has 4 heteroatoms. The molecule has 1 aliphatic carbocycles. The van der Waals surface area contributed by atoms with E-state index in [1.54, 1.807) is 0 Å². The Bertz CT molecular complexity index is 301. The van der Waals surface area contributed by atoms with Gasteiger partial charge < -0.3 is 9.47 Å². The van der Waals surface area contributed by atoms with Gasteiger partial charge in [0.2, 0.25) is 0 Å². The fourth-order valence-corrected chi connectivity index (χ4v) is 2.78. The minimum Gasteiger partial charge on any atom is -0.469 e. The van der Waals surface area contributed by atoms with E-state index in [4.69, 9.17) is 9.47 Å². The molecule has 1 rings (SSSR count). The molecule has 0 bridgehead atoms. The largest absolute Gasteiger partial charge is 0.469 e. The fourth-order valence-electron chi connectivity index (χ4n) is 2.78. The van der Waals surface area contributed by atoms with Gasteiger partial charge in [-0.15, -0.1) is 0 Å². The van der Waals surface area contributed by atoms with Gasteiger partial charge in [0, 0.05) is 0 Å². The van der Waals surface area contributed by atoms with E-state index in [1.807, 2.05) is 0 Å². The fraction of sp³-hybridized carbons (Fsp3) is 0.875. The molecule has 2 atom stereocenters. The summed E-state index contributed by atoms with van der Waals surface area (Å²) in [7, 11) is 1.40. The Hall–Kier alpha value is -1.06. The number of methoxy groups -OCH3 is 1. The normalized spacial score (nSPS) is 22.3. The van der Waals surface area contributed by atoms with Crippen molar-refractivity contribution in [1.29, 1.82) is 0 Å². The third kappa shape index (κ3) is 5.93. The van der Waals surface area contributed by atoms with Gasteiger partial charge in [-0.1, -0.05) is 39.0 Å².